The number of hydrogen-bond acceptors (Lipinski definition) is 3. The highest BCUT2D eigenvalue weighted by Crippen LogP contribution is 2.61. The van der Waals surface area contributed by atoms with Crippen LogP contribution in [0.2, 0.25) is 0 Å². The van der Waals surface area contributed by atoms with Crippen molar-refractivity contribution >= 4 is 12.6 Å². The quantitative estimate of drug-likeness (QED) is 0.561. The van der Waals surface area contributed by atoms with Crippen LogP contribution < -0.4 is 0 Å². The van der Waals surface area contributed by atoms with Gasteiger partial charge in [-0.15, -0.1) is 0 Å². The highest BCUT2D eigenvalue weighted by Gasteiger charge is 2.49. The second-order valence-electron chi connectivity index (χ2n) is 9.38. The first kappa shape index (κ1) is 19.4. The smallest absolute Gasteiger partial charge is 0.146 e. The van der Waals surface area contributed by atoms with Gasteiger partial charge >= 0.3 is 0 Å². The Morgan fingerprint density at radius 1 is 1.25 bits per heavy atom. The molecule has 0 amide bonds. The van der Waals surface area contributed by atoms with E-state index in [1.54, 1.807) is 5.57 Å². The molecule has 3 atom stereocenters. The van der Waals surface area contributed by atoms with E-state index in [0.717, 1.165) is 62.4 Å². The monoisotopic (exact) mass is 380 g/mol. The second kappa shape index (κ2) is 7.17. The number of allylic oxidation sites excluding steroid dienone is 8. The van der Waals surface area contributed by atoms with Crippen LogP contribution in [0, 0.1) is 16.7 Å². The van der Waals surface area contributed by atoms with Gasteiger partial charge in [0.15, 0.2) is 0 Å². The minimum atomic E-state index is -0.0436. The fraction of sp³-hybridized carbons (Fsp3) is 0.600. The van der Waals surface area contributed by atoms with Crippen molar-refractivity contribution in [1.29, 1.82) is 0 Å². The number of rotatable bonds is 6. The van der Waals surface area contributed by atoms with Crippen LogP contribution in [-0.4, -0.2) is 19.2 Å². The molecule has 0 fully saturated rings. The minimum absolute atomic E-state index is 0.0436. The number of aldehydes is 2. The summed E-state index contributed by atoms with van der Waals surface area (Å²) in [6.45, 7) is 7.37. The Bertz CT molecular complexity index is 825. The molecule has 0 radical (unpaired) electrons. The molecule has 0 heterocycles. The van der Waals surface area contributed by atoms with Crippen LogP contribution in [0.5, 0.6) is 0 Å². The molecule has 0 aliphatic heterocycles. The molecular weight excluding hydrogens is 348 g/mol. The first-order valence-electron chi connectivity index (χ1n) is 10.9. The second-order valence-corrected chi connectivity index (χ2v) is 9.38. The minimum Gasteiger partial charge on any atom is -0.498 e. The summed E-state index contributed by atoms with van der Waals surface area (Å²) >= 11 is 0. The molecular formula is C25H32O3. The van der Waals surface area contributed by atoms with E-state index < -0.39 is 0 Å². The molecule has 2 unspecified atom stereocenters. The van der Waals surface area contributed by atoms with Crippen molar-refractivity contribution in [3.8, 4) is 0 Å². The van der Waals surface area contributed by atoms with Gasteiger partial charge in [0.1, 0.15) is 12.6 Å². The first-order chi connectivity index (χ1) is 13.5. The van der Waals surface area contributed by atoms with Gasteiger partial charge in [-0.25, -0.2) is 0 Å². The third-order valence-corrected chi connectivity index (χ3v) is 7.86. The van der Waals surface area contributed by atoms with E-state index in [-0.39, 0.29) is 10.8 Å². The lowest BCUT2D eigenvalue weighted by molar-refractivity contribution is -0.108. The van der Waals surface area contributed by atoms with Gasteiger partial charge < -0.3 is 9.53 Å². The molecule has 0 bridgehead atoms. The fourth-order valence-corrected chi connectivity index (χ4v) is 6.29. The van der Waals surface area contributed by atoms with Crippen molar-refractivity contribution in [2.24, 2.45) is 16.7 Å². The number of fused-ring (bicyclic) bond motifs is 4. The van der Waals surface area contributed by atoms with Gasteiger partial charge in [0, 0.05) is 30.3 Å². The molecule has 0 saturated heterocycles. The van der Waals surface area contributed by atoms with Crippen molar-refractivity contribution < 1.29 is 14.3 Å². The number of carbonyl (C=O) groups is 2. The summed E-state index contributed by atoms with van der Waals surface area (Å²) in [5.41, 5.74) is 6.75. The summed E-state index contributed by atoms with van der Waals surface area (Å²) in [7, 11) is 0. The fourth-order valence-electron chi connectivity index (χ4n) is 6.29. The van der Waals surface area contributed by atoms with Crippen LogP contribution in [0.15, 0.2) is 45.8 Å². The standard InChI is InChI=1S/C25H32O3/c1-4-28-18-8-12-25(3)22-7-6-21-19(9-11-24(21,2)10-5-13-26)20(22)14-17(16-27)23(25)15-18/h9,13,15-16,21H,4-8,10-12,14H2,1-3H3/t21?,24-,25?/m1/s1. The summed E-state index contributed by atoms with van der Waals surface area (Å²) in [5.74, 6) is 1.55. The van der Waals surface area contributed by atoms with Crippen LogP contribution >= 0.6 is 0 Å². The zero-order valence-electron chi connectivity index (χ0n) is 17.5. The largest absolute Gasteiger partial charge is 0.498 e. The molecule has 4 aliphatic rings. The predicted octanol–water partition coefficient (Wildman–Crippen LogP) is 5.63. The van der Waals surface area contributed by atoms with Crippen molar-refractivity contribution in [2.75, 3.05) is 6.61 Å². The number of ether oxygens (including phenoxy) is 1. The average Bonchev–Trinajstić information content (AvgIpc) is 3.04. The number of hydrogen-bond donors (Lipinski definition) is 0. The summed E-state index contributed by atoms with van der Waals surface area (Å²) in [6, 6.07) is 0. The topological polar surface area (TPSA) is 43.4 Å². The maximum atomic E-state index is 12.0. The molecule has 0 aromatic heterocycles. The molecule has 4 aliphatic carbocycles. The van der Waals surface area contributed by atoms with E-state index in [0.29, 0.717) is 18.9 Å². The lowest BCUT2D eigenvalue weighted by atomic mass is 9.57. The Balaban J connectivity index is 1.72. The Kier molecular flexibility index (Phi) is 4.97. The maximum absolute atomic E-state index is 12.0. The van der Waals surface area contributed by atoms with E-state index in [4.69, 9.17) is 4.74 Å². The van der Waals surface area contributed by atoms with Crippen LogP contribution in [0.1, 0.15) is 72.1 Å². The Labute approximate surface area is 168 Å². The van der Waals surface area contributed by atoms with Crippen molar-refractivity contribution in [1.82, 2.24) is 0 Å². The maximum Gasteiger partial charge on any atom is 0.146 e. The highest BCUT2D eigenvalue weighted by molar-refractivity contribution is 5.80. The molecule has 150 valence electrons. The normalized spacial score (nSPS) is 34.2. The molecule has 3 heteroatoms. The Morgan fingerprint density at radius 2 is 2.07 bits per heavy atom. The van der Waals surface area contributed by atoms with Gasteiger partial charge in [-0.05, 0) is 73.2 Å². The van der Waals surface area contributed by atoms with Gasteiger partial charge in [0.25, 0.3) is 0 Å². The van der Waals surface area contributed by atoms with E-state index in [1.807, 2.05) is 6.92 Å². The van der Waals surface area contributed by atoms with E-state index in [1.165, 1.54) is 23.1 Å². The van der Waals surface area contributed by atoms with Gasteiger partial charge in [-0.3, -0.25) is 4.79 Å². The zero-order chi connectivity index (χ0) is 19.9. The summed E-state index contributed by atoms with van der Waals surface area (Å²) in [4.78, 5) is 23.0. The first-order valence-corrected chi connectivity index (χ1v) is 10.9. The predicted molar refractivity (Wildman–Crippen MR) is 111 cm³/mol. The van der Waals surface area contributed by atoms with E-state index in [2.05, 4.69) is 26.0 Å². The molecule has 28 heavy (non-hydrogen) atoms. The van der Waals surface area contributed by atoms with Gasteiger partial charge in [-0.1, -0.05) is 25.5 Å². The van der Waals surface area contributed by atoms with Crippen LogP contribution in [0.3, 0.4) is 0 Å². The summed E-state index contributed by atoms with van der Waals surface area (Å²) in [6.07, 6.45) is 14.4. The Morgan fingerprint density at radius 3 is 2.79 bits per heavy atom. The molecule has 0 aromatic carbocycles. The van der Waals surface area contributed by atoms with Crippen LogP contribution in [-0.2, 0) is 14.3 Å². The lowest BCUT2D eigenvalue weighted by Crippen LogP contribution is -2.36. The summed E-state index contributed by atoms with van der Waals surface area (Å²) in [5, 5.41) is 0. The molecule has 0 N–H and O–H groups in total. The van der Waals surface area contributed by atoms with E-state index >= 15 is 0 Å². The third-order valence-electron chi connectivity index (χ3n) is 7.86. The molecule has 3 nitrogen and oxygen atoms in total. The zero-order valence-corrected chi connectivity index (χ0v) is 17.5. The van der Waals surface area contributed by atoms with Crippen molar-refractivity contribution in [2.45, 2.75) is 72.1 Å². The summed E-state index contributed by atoms with van der Waals surface area (Å²) < 4.78 is 5.79. The van der Waals surface area contributed by atoms with Gasteiger partial charge in [0.2, 0.25) is 0 Å². The van der Waals surface area contributed by atoms with Crippen LogP contribution in [0.4, 0.5) is 0 Å². The van der Waals surface area contributed by atoms with Crippen molar-refractivity contribution in [3.63, 3.8) is 0 Å². The molecule has 0 saturated carbocycles. The van der Waals surface area contributed by atoms with Crippen molar-refractivity contribution in [3.05, 3.63) is 45.8 Å². The third kappa shape index (κ3) is 2.86. The van der Waals surface area contributed by atoms with Crippen LogP contribution in [0.25, 0.3) is 0 Å². The number of carbonyl (C=O) groups excluding carboxylic acids is 2. The molecule has 0 aromatic rings. The van der Waals surface area contributed by atoms with E-state index in [9.17, 15) is 9.59 Å². The SMILES string of the molecule is CCOC1=CC2=C(C=O)CC3=C(CCC4C3=CC[C@@]4(C)CCC=O)C2(C)CC1. The highest BCUT2D eigenvalue weighted by atomic mass is 16.5. The van der Waals surface area contributed by atoms with Gasteiger partial charge in [0.05, 0.1) is 12.4 Å². The lowest BCUT2D eigenvalue weighted by Gasteiger charge is -2.47. The van der Waals surface area contributed by atoms with Gasteiger partial charge in [-0.2, -0.15) is 0 Å². The Hall–Kier alpha value is -1.90. The molecule has 4 rings (SSSR count). The average molecular weight is 381 g/mol. The molecule has 0 spiro atoms.